The minimum absolute atomic E-state index is 0.0973. The molecule has 1 aliphatic rings. The van der Waals surface area contributed by atoms with Crippen LogP contribution in [0.2, 0.25) is 0 Å². The van der Waals surface area contributed by atoms with Gasteiger partial charge in [-0.1, -0.05) is 20.3 Å². The summed E-state index contributed by atoms with van der Waals surface area (Å²) in [5.74, 6) is 0.580. The van der Waals surface area contributed by atoms with E-state index in [-0.39, 0.29) is 28.2 Å². The molecule has 0 spiro atoms. The van der Waals surface area contributed by atoms with E-state index in [1.165, 1.54) is 16.4 Å². The third-order valence-corrected chi connectivity index (χ3v) is 8.96. The first kappa shape index (κ1) is 28.8. The molecule has 1 N–H and O–H groups in total. The summed E-state index contributed by atoms with van der Waals surface area (Å²) < 4.78 is 41.5. The van der Waals surface area contributed by atoms with Crippen molar-refractivity contribution < 1.29 is 22.7 Å². The van der Waals surface area contributed by atoms with Crippen molar-refractivity contribution in [3.8, 4) is 17.1 Å². The number of nitrogens with one attached hydrogen (secondary N) is 1. The fraction of sp³-hybridized carbons (Fsp3) is 0.536. The molecule has 1 fully saturated rings. The molecule has 11 heteroatoms. The van der Waals surface area contributed by atoms with Crippen LogP contribution in [0.15, 0.2) is 34.1 Å². The van der Waals surface area contributed by atoms with Crippen LogP contribution in [-0.4, -0.2) is 59.5 Å². The van der Waals surface area contributed by atoms with Crippen molar-refractivity contribution in [2.45, 2.75) is 64.2 Å². The molecule has 10 nitrogen and oxygen atoms in total. The summed E-state index contributed by atoms with van der Waals surface area (Å²) >= 11 is 0. The highest BCUT2D eigenvalue weighted by Gasteiger charge is 2.31. The molecular formula is C28H38N4O6S. The van der Waals surface area contributed by atoms with Crippen LogP contribution in [-0.2, 0) is 33.0 Å². The second-order valence-electron chi connectivity index (χ2n) is 9.99. The number of sulfonamides is 1. The molecule has 3 aromatic rings. The van der Waals surface area contributed by atoms with Gasteiger partial charge in [0.1, 0.15) is 17.1 Å². The molecule has 0 atom stereocenters. The van der Waals surface area contributed by atoms with Crippen LogP contribution >= 0.6 is 0 Å². The second kappa shape index (κ2) is 12.3. The molecule has 39 heavy (non-hydrogen) atoms. The highest BCUT2D eigenvalue weighted by Crippen LogP contribution is 2.34. The summed E-state index contributed by atoms with van der Waals surface area (Å²) in [5.41, 5.74) is 2.18. The third-order valence-electron chi connectivity index (χ3n) is 7.06. The van der Waals surface area contributed by atoms with E-state index in [1.807, 2.05) is 20.2 Å². The monoisotopic (exact) mass is 558 g/mol. The summed E-state index contributed by atoms with van der Waals surface area (Å²) in [5, 5.41) is 0. The van der Waals surface area contributed by atoms with Crippen LogP contribution in [0.4, 0.5) is 0 Å². The molecule has 0 unspecified atom stereocenters. The lowest BCUT2D eigenvalue weighted by molar-refractivity contribution is -0.144. The van der Waals surface area contributed by atoms with Gasteiger partial charge in [-0.2, -0.15) is 4.31 Å². The maximum absolute atomic E-state index is 13.6. The zero-order chi connectivity index (χ0) is 28.2. The second-order valence-corrected chi connectivity index (χ2v) is 11.9. The average molecular weight is 559 g/mol. The van der Waals surface area contributed by atoms with Crippen LogP contribution in [0.1, 0.15) is 58.4 Å². The van der Waals surface area contributed by atoms with Crippen LogP contribution in [0.3, 0.4) is 0 Å². The van der Waals surface area contributed by atoms with Crippen molar-refractivity contribution >= 4 is 27.0 Å². The predicted octanol–water partition coefficient (Wildman–Crippen LogP) is 4.02. The van der Waals surface area contributed by atoms with Gasteiger partial charge in [0.25, 0.3) is 5.56 Å². The van der Waals surface area contributed by atoms with E-state index in [0.717, 1.165) is 24.8 Å². The normalized spacial score (nSPS) is 15.1. The zero-order valence-corrected chi connectivity index (χ0v) is 24.0. The summed E-state index contributed by atoms with van der Waals surface area (Å²) in [7, 11) is -2.00. The molecule has 1 aliphatic heterocycles. The van der Waals surface area contributed by atoms with Crippen LogP contribution < -0.4 is 10.3 Å². The van der Waals surface area contributed by atoms with Crippen molar-refractivity contribution in [2.75, 3.05) is 26.3 Å². The van der Waals surface area contributed by atoms with Gasteiger partial charge in [0.15, 0.2) is 0 Å². The first-order valence-corrected chi connectivity index (χ1v) is 15.1. The number of H-pyrrole nitrogens is 1. The smallest absolute Gasteiger partial charge is 0.306 e. The molecule has 4 rings (SSSR count). The van der Waals surface area contributed by atoms with Crippen molar-refractivity contribution in [2.24, 2.45) is 13.0 Å². The van der Waals surface area contributed by atoms with Crippen LogP contribution in [0.5, 0.6) is 5.75 Å². The SMILES string of the molecule is CCCOc1ccc(S(=O)(=O)N2CCC(CC(=O)OCC)CC2)cc1-c1nc2c(CCC)cn(C)c2c(=O)[nH]1. The van der Waals surface area contributed by atoms with Gasteiger partial charge in [0, 0.05) is 32.8 Å². The molecule has 0 saturated carbocycles. The number of ether oxygens (including phenoxy) is 2. The minimum Gasteiger partial charge on any atom is -0.493 e. The lowest BCUT2D eigenvalue weighted by Crippen LogP contribution is -2.39. The highest BCUT2D eigenvalue weighted by atomic mass is 32.2. The lowest BCUT2D eigenvalue weighted by atomic mass is 9.95. The van der Waals surface area contributed by atoms with Gasteiger partial charge >= 0.3 is 5.97 Å². The quantitative estimate of drug-likeness (QED) is 0.353. The number of carbonyl (C=O) groups is 1. The van der Waals surface area contributed by atoms with Gasteiger partial charge in [-0.3, -0.25) is 9.59 Å². The van der Waals surface area contributed by atoms with Crippen molar-refractivity contribution in [1.29, 1.82) is 0 Å². The first-order chi connectivity index (χ1) is 18.7. The maximum Gasteiger partial charge on any atom is 0.306 e. The number of aromatic nitrogens is 3. The number of hydrogen-bond acceptors (Lipinski definition) is 7. The summed E-state index contributed by atoms with van der Waals surface area (Å²) in [6, 6.07) is 4.71. The van der Waals surface area contributed by atoms with E-state index in [0.29, 0.717) is 67.9 Å². The first-order valence-electron chi connectivity index (χ1n) is 13.7. The summed E-state index contributed by atoms with van der Waals surface area (Å²) in [6.07, 6.45) is 5.83. The number of carbonyl (C=O) groups excluding carboxylic acids is 1. The molecule has 0 aliphatic carbocycles. The third kappa shape index (κ3) is 6.19. The topological polar surface area (TPSA) is 124 Å². The Hall–Kier alpha value is -3.18. The Morgan fingerprint density at radius 3 is 2.56 bits per heavy atom. The van der Waals surface area contributed by atoms with E-state index in [9.17, 15) is 18.0 Å². The predicted molar refractivity (Wildman–Crippen MR) is 149 cm³/mol. The maximum atomic E-state index is 13.6. The number of rotatable bonds is 11. The Morgan fingerprint density at radius 2 is 1.90 bits per heavy atom. The van der Waals surface area contributed by atoms with Crippen LogP contribution in [0, 0.1) is 5.92 Å². The Kier molecular flexibility index (Phi) is 9.12. The van der Waals surface area contributed by atoms with Crippen LogP contribution in [0.25, 0.3) is 22.4 Å². The van der Waals surface area contributed by atoms with Crippen molar-refractivity contribution in [3.63, 3.8) is 0 Å². The van der Waals surface area contributed by atoms with Crippen molar-refractivity contribution in [1.82, 2.24) is 18.8 Å². The molecular weight excluding hydrogens is 520 g/mol. The Bertz CT molecular complexity index is 1490. The van der Waals surface area contributed by atoms with E-state index in [1.54, 1.807) is 17.6 Å². The molecule has 3 heterocycles. The molecule has 0 radical (unpaired) electrons. The Labute approximate surface area is 229 Å². The molecule has 0 amide bonds. The number of aryl methyl sites for hydroxylation is 2. The van der Waals surface area contributed by atoms with E-state index in [4.69, 9.17) is 14.5 Å². The van der Waals surface area contributed by atoms with Crippen molar-refractivity contribution in [3.05, 3.63) is 40.3 Å². The fourth-order valence-corrected chi connectivity index (χ4v) is 6.60. The summed E-state index contributed by atoms with van der Waals surface area (Å²) in [6.45, 7) is 7.24. The van der Waals surface area contributed by atoms with Gasteiger partial charge in [0.05, 0.1) is 29.2 Å². The standard InChI is InChI=1S/C28H38N4O6S/c1-5-8-20-18-31(4)26-25(20)29-27(30-28(26)34)22-17-21(9-10-23(22)38-15-6-2)39(35,36)32-13-11-19(12-14-32)16-24(33)37-7-3/h9-10,17-19H,5-8,11-16H2,1-4H3,(H,29,30,34). The number of nitrogens with zero attached hydrogens (tertiary/aromatic N) is 3. The van der Waals surface area contributed by atoms with Gasteiger partial charge in [-0.15, -0.1) is 0 Å². The number of esters is 1. The van der Waals surface area contributed by atoms with E-state index < -0.39 is 10.0 Å². The molecule has 212 valence electrons. The largest absolute Gasteiger partial charge is 0.493 e. The number of piperidine rings is 1. The summed E-state index contributed by atoms with van der Waals surface area (Å²) in [4.78, 5) is 32.7. The van der Waals surface area contributed by atoms with E-state index in [2.05, 4.69) is 11.9 Å². The number of hydrogen-bond donors (Lipinski definition) is 1. The Morgan fingerprint density at radius 1 is 1.15 bits per heavy atom. The number of fused-ring (bicyclic) bond motifs is 1. The molecule has 1 aromatic carbocycles. The molecule has 0 bridgehead atoms. The van der Waals surface area contributed by atoms with Gasteiger partial charge in [-0.05, 0) is 62.3 Å². The zero-order valence-electron chi connectivity index (χ0n) is 23.2. The number of aromatic amines is 1. The fourth-order valence-electron chi connectivity index (χ4n) is 5.11. The number of benzene rings is 1. The van der Waals surface area contributed by atoms with E-state index >= 15 is 0 Å². The molecule has 2 aromatic heterocycles. The minimum atomic E-state index is -3.82. The molecule has 1 saturated heterocycles. The van der Waals surface area contributed by atoms with Gasteiger partial charge < -0.3 is 19.0 Å². The highest BCUT2D eigenvalue weighted by molar-refractivity contribution is 7.89. The Balaban J connectivity index is 1.69. The van der Waals surface area contributed by atoms with Gasteiger partial charge in [0.2, 0.25) is 10.0 Å². The lowest BCUT2D eigenvalue weighted by Gasteiger charge is -2.31. The van der Waals surface area contributed by atoms with Gasteiger partial charge in [-0.25, -0.2) is 13.4 Å². The average Bonchev–Trinajstić information content (AvgIpc) is 3.23.